The number of esters is 1. The Balaban J connectivity index is 2.09. The van der Waals surface area contributed by atoms with Gasteiger partial charge in [-0.2, -0.15) is 0 Å². The molecule has 35 heavy (non-hydrogen) atoms. The van der Waals surface area contributed by atoms with Crippen molar-refractivity contribution >= 4 is 5.97 Å². The van der Waals surface area contributed by atoms with Crippen LogP contribution in [0.4, 0.5) is 0 Å². The summed E-state index contributed by atoms with van der Waals surface area (Å²) in [5, 5.41) is 11.5. The third-order valence-corrected chi connectivity index (χ3v) is 7.04. The van der Waals surface area contributed by atoms with Gasteiger partial charge in [0.15, 0.2) is 23.0 Å². The summed E-state index contributed by atoms with van der Waals surface area (Å²) in [5.74, 6) is 1.46. The number of carbonyl (C=O) groups excluding carboxylic acids is 1. The molecule has 0 aromatic heterocycles. The highest BCUT2D eigenvalue weighted by Crippen LogP contribution is 2.58. The van der Waals surface area contributed by atoms with Crippen molar-refractivity contribution in [3.8, 4) is 45.6 Å². The van der Waals surface area contributed by atoms with Gasteiger partial charge in [-0.05, 0) is 43.9 Å². The molecule has 2 aromatic rings. The van der Waals surface area contributed by atoms with Crippen molar-refractivity contribution in [2.24, 2.45) is 11.8 Å². The standard InChI is InChI=1S/C27H32O8/c1-8-13(2)27(29)35-23-15(4)14(3)9-16-10-18(30-5)25(31-6)26(32-7)20(16)21-17(23)11-19-24(22(21)28)34-12-33-19/h8,10-11,14-15,23,28H,9,12H2,1-7H3/b13-8+/t14-,15-,23+/m1/s1. The molecule has 188 valence electrons. The highest BCUT2D eigenvalue weighted by atomic mass is 16.7. The van der Waals surface area contributed by atoms with Gasteiger partial charge in [-0.3, -0.25) is 0 Å². The van der Waals surface area contributed by atoms with Crippen LogP contribution in [-0.4, -0.2) is 39.2 Å². The Morgan fingerprint density at radius 3 is 2.40 bits per heavy atom. The molecule has 4 rings (SSSR count). The fourth-order valence-electron chi connectivity index (χ4n) is 4.78. The lowest BCUT2D eigenvalue weighted by Gasteiger charge is -2.35. The van der Waals surface area contributed by atoms with Crippen LogP contribution in [0.2, 0.25) is 0 Å². The maximum atomic E-state index is 12.9. The first-order valence-electron chi connectivity index (χ1n) is 11.6. The van der Waals surface area contributed by atoms with Crippen molar-refractivity contribution in [2.75, 3.05) is 28.1 Å². The zero-order valence-corrected chi connectivity index (χ0v) is 21.2. The van der Waals surface area contributed by atoms with Gasteiger partial charge in [0.2, 0.25) is 18.3 Å². The first-order chi connectivity index (χ1) is 16.8. The molecule has 2 aromatic carbocycles. The number of hydrogen-bond donors (Lipinski definition) is 1. The van der Waals surface area contributed by atoms with Gasteiger partial charge in [-0.15, -0.1) is 0 Å². The van der Waals surface area contributed by atoms with Crippen LogP contribution in [0.1, 0.15) is 44.9 Å². The molecule has 0 bridgehead atoms. The number of fused-ring (bicyclic) bond motifs is 4. The predicted octanol–water partition coefficient (Wildman–Crippen LogP) is 5.19. The van der Waals surface area contributed by atoms with E-state index in [4.69, 9.17) is 28.4 Å². The van der Waals surface area contributed by atoms with E-state index in [1.54, 1.807) is 40.2 Å². The second-order valence-corrected chi connectivity index (χ2v) is 8.94. The van der Waals surface area contributed by atoms with E-state index in [-0.39, 0.29) is 30.1 Å². The van der Waals surface area contributed by atoms with Gasteiger partial charge in [-0.25, -0.2) is 4.79 Å². The number of allylic oxidation sites excluding steroid dienone is 1. The van der Waals surface area contributed by atoms with Crippen LogP contribution in [0.15, 0.2) is 23.8 Å². The quantitative estimate of drug-likeness (QED) is 0.458. The average molecular weight is 485 g/mol. The summed E-state index contributed by atoms with van der Waals surface area (Å²) in [4.78, 5) is 12.9. The molecule has 8 heteroatoms. The van der Waals surface area contributed by atoms with Gasteiger partial charge in [0, 0.05) is 28.2 Å². The number of benzene rings is 2. The molecule has 0 unspecified atom stereocenters. The molecule has 1 aliphatic carbocycles. The normalized spacial score (nSPS) is 20.8. The first kappa shape index (κ1) is 24.6. The van der Waals surface area contributed by atoms with Gasteiger partial charge in [0.25, 0.3) is 0 Å². The largest absolute Gasteiger partial charge is 0.504 e. The zero-order valence-electron chi connectivity index (χ0n) is 21.2. The Kier molecular flexibility index (Phi) is 6.74. The molecule has 1 heterocycles. The van der Waals surface area contributed by atoms with E-state index >= 15 is 0 Å². The maximum absolute atomic E-state index is 12.9. The second-order valence-electron chi connectivity index (χ2n) is 8.94. The molecule has 0 radical (unpaired) electrons. The van der Waals surface area contributed by atoms with E-state index in [2.05, 4.69) is 6.92 Å². The van der Waals surface area contributed by atoms with Gasteiger partial charge in [-0.1, -0.05) is 19.9 Å². The number of aromatic hydroxyl groups is 1. The molecular formula is C27H32O8. The molecule has 0 spiro atoms. The van der Waals surface area contributed by atoms with E-state index < -0.39 is 12.1 Å². The molecule has 1 N–H and O–H groups in total. The Morgan fingerprint density at radius 2 is 1.77 bits per heavy atom. The molecule has 2 aliphatic rings. The molecule has 1 aliphatic heterocycles. The molecule has 0 saturated carbocycles. The fourth-order valence-corrected chi connectivity index (χ4v) is 4.78. The number of phenolic OH excluding ortho intramolecular Hbond substituents is 1. The summed E-state index contributed by atoms with van der Waals surface area (Å²) in [6.45, 7) is 7.64. The van der Waals surface area contributed by atoms with Gasteiger partial charge >= 0.3 is 5.97 Å². The van der Waals surface area contributed by atoms with E-state index in [0.717, 1.165) is 5.56 Å². The molecule has 0 fully saturated rings. The van der Waals surface area contributed by atoms with Gasteiger partial charge in [0.1, 0.15) is 6.10 Å². The predicted molar refractivity (Wildman–Crippen MR) is 130 cm³/mol. The first-order valence-corrected chi connectivity index (χ1v) is 11.6. The Hall–Kier alpha value is -3.55. The number of phenols is 1. The number of carbonyl (C=O) groups is 1. The van der Waals surface area contributed by atoms with Crippen LogP contribution < -0.4 is 23.7 Å². The van der Waals surface area contributed by atoms with Crippen LogP contribution in [0.25, 0.3) is 11.1 Å². The summed E-state index contributed by atoms with van der Waals surface area (Å²) < 4.78 is 34.4. The van der Waals surface area contributed by atoms with Crippen molar-refractivity contribution in [3.63, 3.8) is 0 Å². The van der Waals surface area contributed by atoms with Crippen molar-refractivity contribution in [1.82, 2.24) is 0 Å². The summed E-state index contributed by atoms with van der Waals surface area (Å²) in [6, 6.07) is 3.69. The molecule has 0 saturated heterocycles. The Bertz CT molecular complexity index is 1180. The smallest absolute Gasteiger partial charge is 0.333 e. The lowest BCUT2D eigenvalue weighted by Crippen LogP contribution is -2.26. The zero-order chi connectivity index (χ0) is 25.4. The summed E-state index contributed by atoms with van der Waals surface area (Å²) in [6.07, 6.45) is 1.68. The maximum Gasteiger partial charge on any atom is 0.333 e. The van der Waals surface area contributed by atoms with Crippen LogP contribution in [0.3, 0.4) is 0 Å². The van der Waals surface area contributed by atoms with Gasteiger partial charge in [0.05, 0.1) is 21.3 Å². The van der Waals surface area contributed by atoms with Crippen molar-refractivity contribution in [3.05, 3.63) is 34.9 Å². The van der Waals surface area contributed by atoms with Crippen LogP contribution >= 0.6 is 0 Å². The number of rotatable bonds is 5. The Morgan fingerprint density at radius 1 is 1.06 bits per heavy atom. The number of ether oxygens (including phenoxy) is 6. The lowest BCUT2D eigenvalue weighted by atomic mass is 9.76. The summed E-state index contributed by atoms with van der Waals surface area (Å²) in [7, 11) is 4.64. The Labute approximate surface area is 205 Å². The van der Waals surface area contributed by atoms with Crippen molar-refractivity contribution in [2.45, 2.75) is 40.2 Å². The SMILES string of the molecule is C/C=C(\C)C(=O)O[C@@H]1c2cc3c(c(O)c2-c2c(cc(OC)c(OC)c2OC)C[C@@H](C)[C@H]1C)OCO3. The molecule has 8 nitrogen and oxygen atoms in total. The third kappa shape index (κ3) is 4.00. The van der Waals surface area contributed by atoms with E-state index in [1.807, 2.05) is 13.0 Å². The van der Waals surface area contributed by atoms with Crippen LogP contribution in [-0.2, 0) is 16.0 Å². The van der Waals surface area contributed by atoms with Gasteiger partial charge < -0.3 is 33.5 Å². The fraction of sp³-hybridized carbons (Fsp3) is 0.444. The minimum Gasteiger partial charge on any atom is -0.504 e. The monoisotopic (exact) mass is 484 g/mol. The average Bonchev–Trinajstić information content (AvgIpc) is 3.34. The molecule has 3 atom stereocenters. The number of methoxy groups -OCH3 is 3. The molecular weight excluding hydrogens is 452 g/mol. The van der Waals surface area contributed by atoms with E-state index in [0.29, 0.717) is 51.7 Å². The minimum atomic E-state index is -0.659. The van der Waals surface area contributed by atoms with Crippen LogP contribution in [0.5, 0.6) is 34.5 Å². The third-order valence-electron chi connectivity index (χ3n) is 7.04. The minimum absolute atomic E-state index is 0.0181. The summed E-state index contributed by atoms with van der Waals surface area (Å²) >= 11 is 0. The second kappa shape index (κ2) is 9.60. The highest BCUT2D eigenvalue weighted by Gasteiger charge is 2.39. The topological polar surface area (TPSA) is 92.7 Å². The van der Waals surface area contributed by atoms with Crippen LogP contribution in [0, 0.1) is 11.8 Å². The summed E-state index contributed by atoms with van der Waals surface area (Å²) in [5.41, 5.74) is 3.11. The van der Waals surface area contributed by atoms with E-state index in [1.165, 1.54) is 7.11 Å². The highest BCUT2D eigenvalue weighted by molar-refractivity contribution is 5.90. The van der Waals surface area contributed by atoms with Crippen molar-refractivity contribution < 1.29 is 38.3 Å². The van der Waals surface area contributed by atoms with Crippen molar-refractivity contribution in [1.29, 1.82) is 0 Å². The van der Waals surface area contributed by atoms with E-state index in [9.17, 15) is 9.90 Å². The number of hydrogen-bond acceptors (Lipinski definition) is 8. The molecule has 0 amide bonds. The lowest BCUT2D eigenvalue weighted by molar-refractivity contribution is -0.148.